The van der Waals surface area contributed by atoms with Crippen LogP contribution in [0.15, 0.2) is 47.1 Å². The molecular formula is C31H37N9O. The molecule has 1 aliphatic carbocycles. The van der Waals surface area contributed by atoms with Crippen LogP contribution in [0, 0.1) is 13.8 Å². The van der Waals surface area contributed by atoms with Crippen molar-refractivity contribution in [2.24, 2.45) is 0 Å². The number of benzene rings is 2. The summed E-state index contributed by atoms with van der Waals surface area (Å²) in [5, 5.41) is 9.23. The highest BCUT2D eigenvalue weighted by Gasteiger charge is 2.30. The molecule has 0 atom stereocenters. The van der Waals surface area contributed by atoms with Crippen LogP contribution in [0.2, 0.25) is 0 Å². The van der Waals surface area contributed by atoms with Crippen molar-refractivity contribution >= 4 is 39.7 Å². The smallest absolute Gasteiger partial charge is 0.300 e. The van der Waals surface area contributed by atoms with E-state index in [0.717, 1.165) is 76.1 Å². The Balaban J connectivity index is 1.12. The lowest BCUT2D eigenvalue weighted by atomic mass is 9.90. The molecule has 41 heavy (non-hydrogen) atoms. The Morgan fingerprint density at radius 1 is 0.927 bits per heavy atom. The molecule has 10 nitrogen and oxygen atoms in total. The molecule has 2 fully saturated rings. The maximum Gasteiger partial charge on any atom is 0.300 e. The van der Waals surface area contributed by atoms with Crippen molar-refractivity contribution in [1.82, 2.24) is 34.5 Å². The Labute approximate surface area is 239 Å². The normalized spacial score (nSPS) is 20.7. The summed E-state index contributed by atoms with van der Waals surface area (Å²) >= 11 is 0. The number of fused-ring (bicyclic) bond motifs is 2. The average Bonchev–Trinajstić information content (AvgIpc) is 3.56. The lowest BCUT2D eigenvalue weighted by Gasteiger charge is -2.41. The number of hydrogen-bond donors (Lipinski definition) is 2. The minimum absolute atomic E-state index is 0.302. The van der Waals surface area contributed by atoms with Gasteiger partial charge in [0.1, 0.15) is 23.4 Å². The fourth-order valence-electron chi connectivity index (χ4n) is 6.57. The second-order valence-corrected chi connectivity index (χ2v) is 11.7. The molecule has 10 heteroatoms. The monoisotopic (exact) mass is 551 g/mol. The highest BCUT2D eigenvalue weighted by atomic mass is 16.4. The van der Waals surface area contributed by atoms with Crippen LogP contribution < -0.4 is 11.1 Å². The molecule has 7 rings (SSSR count). The van der Waals surface area contributed by atoms with Crippen molar-refractivity contribution in [3.63, 3.8) is 0 Å². The van der Waals surface area contributed by atoms with E-state index in [2.05, 4.69) is 54.8 Å². The van der Waals surface area contributed by atoms with Crippen LogP contribution in [0.25, 0.3) is 33.4 Å². The van der Waals surface area contributed by atoms with Gasteiger partial charge in [-0.25, -0.2) is 14.6 Å². The van der Waals surface area contributed by atoms with Gasteiger partial charge in [-0.05, 0) is 75.9 Å². The number of anilines is 3. The van der Waals surface area contributed by atoms with Crippen molar-refractivity contribution in [3.8, 4) is 11.3 Å². The number of aromatic nitrogens is 5. The van der Waals surface area contributed by atoms with Gasteiger partial charge in [-0.1, -0.05) is 18.2 Å². The SMILES string of the molecule is Cc1cc(C)c2oc(Nc3ccc(-c4nn([C@H]5CC[C@@H](N6CCN(C)CC6)CC5)c5ncnc(N)c45)cc3)nc2c1. The molecule has 3 N–H and O–H groups in total. The quantitative estimate of drug-likeness (QED) is 0.300. The molecular weight excluding hydrogens is 514 g/mol. The Morgan fingerprint density at radius 2 is 1.66 bits per heavy atom. The number of oxazole rings is 1. The summed E-state index contributed by atoms with van der Waals surface area (Å²) in [7, 11) is 2.21. The van der Waals surface area contributed by atoms with Crippen LogP contribution in [0.5, 0.6) is 0 Å². The molecule has 212 valence electrons. The first-order valence-corrected chi connectivity index (χ1v) is 14.6. The van der Waals surface area contributed by atoms with Crippen LogP contribution in [0.3, 0.4) is 0 Å². The number of nitrogens with one attached hydrogen (secondary N) is 1. The van der Waals surface area contributed by atoms with E-state index in [9.17, 15) is 0 Å². The molecule has 1 saturated carbocycles. The molecule has 0 amide bonds. The lowest BCUT2D eigenvalue weighted by molar-refractivity contribution is 0.0815. The van der Waals surface area contributed by atoms with Crippen molar-refractivity contribution in [2.75, 3.05) is 44.3 Å². The third-order valence-electron chi connectivity index (χ3n) is 8.81. The van der Waals surface area contributed by atoms with Crippen LogP contribution in [-0.2, 0) is 0 Å². The van der Waals surface area contributed by atoms with E-state index < -0.39 is 0 Å². The molecule has 0 bridgehead atoms. The molecule has 2 aliphatic rings. The summed E-state index contributed by atoms with van der Waals surface area (Å²) < 4.78 is 8.10. The molecule has 2 aromatic carbocycles. The Bertz CT molecular complexity index is 1690. The van der Waals surface area contributed by atoms with Gasteiger partial charge in [0.05, 0.1) is 11.4 Å². The highest BCUT2D eigenvalue weighted by molar-refractivity contribution is 5.98. The number of nitrogens with zero attached hydrogens (tertiary/aromatic N) is 7. The summed E-state index contributed by atoms with van der Waals surface area (Å²) in [4.78, 5) is 18.7. The predicted molar refractivity (Wildman–Crippen MR) is 162 cm³/mol. The molecule has 0 unspecified atom stereocenters. The van der Waals surface area contributed by atoms with Gasteiger partial charge in [0.25, 0.3) is 6.01 Å². The third kappa shape index (κ3) is 4.91. The van der Waals surface area contributed by atoms with Gasteiger partial charge in [0, 0.05) is 43.5 Å². The molecule has 1 saturated heterocycles. The number of piperazine rings is 1. The Kier molecular flexibility index (Phi) is 6.59. The topological polar surface area (TPSA) is 114 Å². The van der Waals surface area contributed by atoms with E-state index in [0.29, 0.717) is 23.9 Å². The number of likely N-dealkylation sites (N-methyl/N-ethyl adjacent to an activating group) is 1. The first-order valence-electron chi connectivity index (χ1n) is 14.6. The molecule has 0 radical (unpaired) electrons. The van der Waals surface area contributed by atoms with Gasteiger partial charge >= 0.3 is 0 Å². The third-order valence-corrected chi connectivity index (χ3v) is 8.81. The van der Waals surface area contributed by atoms with E-state index in [-0.39, 0.29) is 0 Å². The minimum atomic E-state index is 0.302. The van der Waals surface area contributed by atoms with Gasteiger partial charge in [0.2, 0.25) is 0 Å². The fourth-order valence-corrected chi connectivity index (χ4v) is 6.57. The van der Waals surface area contributed by atoms with Crippen molar-refractivity contribution in [2.45, 2.75) is 51.6 Å². The van der Waals surface area contributed by atoms with Crippen molar-refractivity contribution in [3.05, 3.63) is 53.9 Å². The fraction of sp³-hybridized carbons (Fsp3) is 0.419. The number of aryl methyl sites for hydroxylation is 2. The van der Waals surface area contributed by atoms with E-state index in [1.165, 1.54) is 25.9 Å². The lowest BCUT2D eigenvalue weighted by Crippen LogP contribution is -2.49. The van der Waals surface area contributed by atoms with Crippen LogP contribution in [0.4, 0.5) is 17.5 Å². The first kappa shape index (κ1) is 25.9. The summed E-state index contributed by atoms with van der Waals surface area (Å²) in [6.07, 6.45) is 6.08. The second-order valence-electron chi connectivity index (χ2n) is 11.7. The first-order chi connectivity index (χ1) is 19.9. The Hall–Kier alpha value is -4.02. The molecule has 4 heterocycles. The van der Waals surface area contributed by atoms with E-state index in [1.54, 1.807) is 6.33 Å². The van der Waals surface area contributed by atoms with Crippen molar-refractivity contribution in [1.29, 1.82) is 0 Å². The second kappa shape index (κ2) is 10.4. The number of nitrogens with two attached hydrogens (primary N) is 1. The summed E-state index contributed by atoms with van der Waals surface area (Å²) in [6.45, 7) is 8.76. The maximum atomic E-state index is 6.41. The predicted octanol–water partition coefficient (Wildman–Crippen LogP) is 5.31. The van der Waals surface area contributed by atoms with Gasteiger partial charge in [-0.3, -0.25) is 4.90 Å². The molecule has 3 aromatic heterocycles. The summed E-state index contributed by atoms with van der Waals surface area (Å²) in [5.41, 5.74) is 13.8. The van der Waals surface area contributed by atoms with E-state index >= 15 is 0 Å². The molecule has 0 spiro atoms. The zero-order valence-electron chi connectivity index (χ0n) is 24.0. The molecule has 1 aliphatic heterocycles. The standard InChI is InChI=1S/C31H37N9O/c1-19-16-20(2)28-25(17-19)36-31(41-28)35-22-6-4-21(5-7-22)27-26-29(32)33-18-34-30(26)40(37-27)24-10-8-23(9-11-24)39-14-12-38(3)13-15-39/h4-7,16-18,23-24H,8-15H2,1-3H3,(H,35,36)(H2,32,33,34)/t23-,24+. The van der Waals surface area contributed by atoms with E-state index in [1.807, 2.05) is 37.3 Å². The van der Waals surface area contributed by atoms with E-state index in [4.69, 9.17) is 15.2 Å². The summed E-state index contributed by atoms with van der Waals surface area (Å²) in [5.74, 6) is 0.460. The van der Waals surface area contributed by atoms with Crippen LogP contribution in [-0.4, -0.2) is 73.8 Å². The van der Waals surface area contributed by atoms with Gasteiger partial charge < -0.3 is 20.4 Å². The van der Waals surface area contributed by atoms with Crippen LogP contribution >= 0.6 is 0 Å². The number of hydrogen-bond acceptors (Lipinski definition) is 9. The zero-order chi connectivity index (χ0) is 28.1. The number of nitrogen functional groups attached to an aromatic ring is 1. The maximum absolute atomic E-state index is 6.41. The van der Waals surface area contributed by atoms with Gasteiger partial charge in [-0.2, -0.15) is 10.1 Å². The van der Waals surface area contributed by atoms with Crippen molar-refractivity contribution < 1.29 is 4.42 Å². The zero-order valence-corrected chi connectivity index (χ0v) is 24.0. The summed E-state index contributed by atoms with van der Waals surface area (Å²) in [6, 6.07) is 13.7. The molecule has 5 aromatic rings. The average molecular weight is 552 g/mol. The highest BCUT2D eigenvalue weighted by Crippen LogP contribution is 2.37. The van der Waals surface area contributed by atoms with Gasteiger partial charge in [-0.15, -0.1) is 0 Å². The number of rotatable bonds is 5. The minimum Gasteiger partial charge on any atom is -0.423 e. The largest absolute Gasteiger partial charge is 0.423 e. The van der Waals surface area contributed by atoms with Gasteiger partial charge in [0.15, 0.2) is 11.2 Å². The Morgan fingerprint density at radius 3 is 2.41 bits per heavy atom. The van der Waals surface area contributed by atoms with Crippen LogP contribution in [0.1, 0.15) is 42.9 Å².